The lowest BCUT2D eigenvalue weighted by molar-refractivity contribution is -0.176. The van der Waals surface area contributed by atoms with Crippen molar-refractivity contribution in [3.8, 4) is 11.5 Å². The topological polar surface area (TPSA) is 150 Å². The molecule has 1 aliphatic rings. The van der Waals surface area contributed by atoms with Crippen LogP contribution in [0, 0.1) is 11.8 Å². The van der Waals surface area contributed by atoms with Gasteiger partial charge in [0.1, 0.15) is 18.6 Å². The van der Waals surface area contributed by atoms with Gasteiger partial charge in [0.2, 0.25) is 0 Å². The number of rotatable bonds is 7. The summed E-state index contributed by atoms with van der Waals surface area (Å²) in [6.45, 7) is 4.25. The van der Waals surface area contributed by atoms with Crippen LogP contribution in [0.1, 0.15) is 36.8 Å². The van der Waals surface area contributed by atoms with Gasteiger partial charge in [-0.15, -0.1) is 0 Å². The first-order valence-corrected chi connectivity index (χ1v) is 11.8. The zero-order chi connectivity index (χ0) is 27.1. The van der Waals surface area contributed by atoms with E-state index in [1.54, 1.807) is 13.8 Å². The number of aromatic hydroxyl groups is 1. The summed E-state index contributed by atoms with van der Waals surface area (Å²) in [6, 6.07) is 9.01. The van der Waals surface area contributed by atoms with Crippen molar-refractivity contribution >= 4 is 23.8 Å². The Labute approximate surface area is 214 Å². The van der Waals surface area contributed by atoms with Crippen LogP contribution in [0.2, 0.25) is 0 Å². The number of benzene rings is 1. The van der Waals surface area contributed by atoms with E-state index in [0.717, 1.165) is 5.56 Å². The number of cyclic esters (lactones) is 2. The molecule has 1 fully saturated rings. The summed E-state index contributed by atoms with van der Waals surface area (Å²) in [5.41, 5.74) is 0.398. The molecule has 0 saturated carbocycles. The van der Waals surface area contributed by atoms with Crippen molar-refractivity contribution in [2.24, 2.45) is 11.8 Å². The molecule has 4 atom stereocenters. The number of nitrogens with one attached hydrogen (secondary N) is 1. The molecule has 198 valence electrons. The van der Waals surface area contributed by atoms with Crippen molar-refractivity contribution < 1.29 is 43.2 Å². The molecule has 11 heteroatoms. The number of methoxy groups -OCH3 is 1. The van der Waals surface area contributed by atoms with Crippen molar-refractivity contribution in [1.82, 2.24) is 10.3 Å². The smallest absolute Gasteiger partial charge is 0.332 e. The van der Waals surface area contributed by atoms with Crippen LogP contribution in [0.4, 0.5) is 0 Å². The van der Waals surface area contributed by atoms with Crippen LogP contribution in [0.25, 0.3) is 0 Å². The lowest BCUT2D eigenvalue weighted by atomic mass is 9.91. The van der Waals surface area contributed by atoms with Crippen LogP contribution in [-0.4, -0.2) is 65.9 Å². The number of amides is 1. The number of nitrogens with zero attached hydrogens (tertiary/aromatic N) is 1. The second kappa shape index (κ2) is 12.2. The highest BCUT2D eigenvalue weighted by Crippen LogP contribution is 2.28. The van der Waals surface area contributed by atoms with Crippen molar-refractivity contribution in [1.29, 1.82) is 0 Å². The van der Waals surface area contributed by atoms with Gasteiger partial charge < -0.3 is 29.4 Å². The predicted octanol–water partition coefficient (Wildman–Crippen LogP) is 1.81. The number of pyridine rings is 1. The summed E-state index contributed by atoms with van der Waals surface area (Å²) in [5.74, 6) is -5.10. The molecule has 0 bridgehead atoms. The second-order valence-corrected chi connectivity index (χ2v) is 8.86. The Bertz CT molecular complexity index is 1140. The van der Waals surface area contributed by atoms with E-state index in [0.29, 0.717) is 0 Å². The average molecular weight is 515 g/mol. The zero-order valence-electron chi connectivity index (χ0n) is 21.0. The fraction of sp³-hybridized carbons (Fsp3) is 0.423. The largest absolute Gasteiger partial charge is 0.503 e. The van der Waals surface area contributed by atoms with Crippen molar-refractivity contribution in [3.05, 3.63) is 53.9 Å². The fourth-order valence-corrected chi connectivity index (χ4v) is 3.74. The molecule has 0 radical (unpaired) electrons. The Morgan fingerprint density at radius 3 is 2.51 bits per heavy atom. The predicted molar refractivity (Wildman–Crippen MR) is 129 cm³/mol. The quantitative estimate of drug-likeness (QED) is 0.414. The van der Waals surface area contributed by atoms with Gasteiger partial charge in [-0.25, -0.2) is 9.78 Å². The van der Waals surface area contributed by atoms with E-state index < -0.39 is 72.0 Å². The van der Waals surface area contributed by atoms with Gasteiger partial charge in [-0.2, -0.15) is 0 Å². The van der Waals surface area contributed by atoms with Crippen LogP contribution in [0.15, 0.2) is 42.6 Å². The maximum absolute atomic E-state index is 13.2. The van der Waals surface area contributed by atoms with Crippen molar-refractivity contribution in [2.75, 3.05) is 13.7 Å². The SMILES string of the molecule is COc1ccnc(C(=O)N[C@H]2COC(=O)C(Cc3ccccc3)C(OC(=O)C(C)C)C(C)OC2=O)c1O. The van der Waals surface area contributed by atoms with Gasteiger partial charge in [-0.3, -0.25) is 14.4 Å². The summed E-state index contributed by atoms with van der Waals surface area (Å²) >= 11 is 0. The first kappa shape index (κ1) is 27.4. The van der Waals surface area contributed by atoms with Crippen LogP contribution in [-0.2, 0) is 35.0 Å². The molecule has 0 spiro atoms. The van der Waals surface area contributed by atoms with Gasteiger partial charge in [0.15, 0.2) is 29.3 Å². The highest BCUT2D eigenvalue weighted by Gasteiger charge is 2.42. The molecule has 0 aliphatic carbocycles. The summed E-state index contributed by atoms with van der Waals surface area (Å²) in [6.07, 6.45) is -0.766. The molecule has 1 saturated heterocycles. The Morgan fingerprint density at radius 1 is 1.16 bits per heavy atom. The van der Waals surface area contributed by atoms with Crippen molar-refractivity contribution in [2.45, 2.75) is 45.4 Å². The number of esters is 3. The van der Waals surface area contributed by atoms with Crippen LogP contribution < -0.4 is 10.1 Å². The molecule has 3 unspecified atom stereocenters. The van der Waals surface area contributed by atoms with Crippen LogP contribution in [0.3, 0.4) is 0 Å². The molecular weight excluding hydrogens is 484 g/mol. The molecule has 2 N–H and O–H groups in total. The minimum atomic E-state index is -1.41. The Hall–Kier alpha value is -4.15. The molecule has 11 nitrogen and oxygen atoms in total. The van der Waals surface area contributed by atoms with Crippen LogP contribution in [0.5, 0.6) is 11.5 Å². The molecule has 1 amide bonds. The molecule has 1 aromatic heterocycles. The lowest BCUT2D eigenvalue weighted by Gasteiger charge is -2.29. The lowest BCUT2D eigenvalue weighted by Crippen LogP contribution is -2.47. The minimum absolute atomic E-state index is 0.0100. The standard InChI is InChI=1S/C26H30N2O9/c1-14(2)24(31)37-22-15(3)36-26(33)18(28-23(30)20-21(29)19(34-4)10-11-27-20)13-35-25(32)17(22)12-16-8-6-5-7-9-16/h5-11,14-15,17-18,22,29H,12-13H2,1-4H3,(H,28,30)/t15?,17?,18-,22?/m0/s1. The Morgan fingerprint density at radius 2 is 1.86 bits per heavy atom. The fourth-order valence-electron chi connectivity index (χ4n) is 3.74. The first-order valence-electron chi connectivity index (χ1n) is 11.8. The first-order chi connectivity index (χ1) is 17.6. The third kappa shape index (κ3) is 6.75. The summed E-state index contributed by atoms with van der Waals surface area (Å²) in [7, 11) is 1.31. The number of carbonyl (C=O) groups is 4. The number of hydrogen-bond donors (Lipinski definition) is 2. The highest BCUT2D eigenvalue weighted by molar-refractivity contribution is 5.98. The van der Waals surface area contributed by atoms with Gasteiger partial charge in [-0.1, -0.05) is 44.2 Å². The molecular formula is C26H30N2O9. The van der Waals surface area contributed by atoms with E-state index in [9.17, 15) is 24.3 Å². The summed E-state index contributed by atoms with van der Waals surface area (Å²) in [4.78, 5) is 55.3. The number of hydrogen-bond acceptors (Lipinski definition) is 10. The van der Waals surface area contributed by atoms with E-state index in [2.05, 4.69) is 10.3 Å². The molecule has 1 aliphatic heterocycles. The highest BCUT2D eigenvalue weighted by atomic mass is 16.6. The van der Waals surface area contributed by atoms with E-state index in [-0.39, 0.29) is 12.2 Å². The van der Waals surface area contributed by atoms with Gasteiger partial charge in [-0.05, 0) is 18.9 Å². The molecule has 1 aromatic carbocycles. The average Bonchev–Trinajstić information content (AvgIpc) is 2.91. The van der Waals surface area contributed by atoms with E-state index in [1.165, 1.54) is 26.3 Å². The maximum Gasteiger partial charge on any atom is 0.332 e. The zero-order valence-corrected chi connectivity index (χ0v) is 21.0. The Kier molecular flexibility index (Phi) is 9.05. The summed E-state index contributed by atoms with van der Waals surface area (Å²) in [5, 5.41) is 12.6. The third-order valence-corrected chi connectivity index (χ3v) is 5.79. The van der Waals surface area contributed by atoms with E-state index >= 15 is 0 Å². The second-order valence-electron chi connectivity index (χ2n) is 8.86. The minimum Gasteiger partial charge on any atom is -0.503 e. The van der Waals surface area contributed by atoms with Crippen LogP contribution >= 0.6 is 0 Å². The van der Waals surface area contributed by atoms with Gasteiger partial charge in [0.05, 0.1) is 13.0 Å². The number of aromatic nitrogens is 1. The molecule has 37 heavy (non-hydrogen) atoms. The van der Waals surface area contributed by atoms with Gasteiger partial charge in [0.25, 0.3) is 5.91 Å². The normalized spacial score (nSPS) is 22.1. The number of carbonyl (C=O) groups excluding carboxylic acids is 4. The van der Waals surface area contributed by atoms with Gasteiger partial charge in [0, 0.05) is 12.3 Å². The molecule has 2 aromatic rings. The van der Waals surface area contributed by atoms with E-state index in [4.69, 9.17) is 18.9 Å². The maximum atomic E-state index is 13.2. The Balaban J connectivity index is 1.87. The van der Waals surface area contributed by atoms with Gasteiger partial charge >= 0.3 is 17.9 Å². The van der Waals surface area contributed by atoms with E-state index in [1.807, 2.05) is 30.3 Å². The summed E-state index contributed by atoms with van der Waals surface area (Å²) < 4.78 is 21.5. The monoisotopic (exact) mass is 514 g/mol. The molecule has 3 rings (SSSR count). The third-order valence-electron chi connectivity index (χ3n) is 5.79. The number of ether oxygens (including phenoxy) is 4. The van der Waals surface area contributed by atoms with Crippen molar-refractivity contribution in [3.63, 3.8) is 0 Å². The molecule has 2 heterocycles.